The van der Waals surface area contributed by atoms with Gasteiger partial charge in [-0.25, -0.2) is 38.5 Å². The number of nitrogen functional groups attached to an aromatic ring is 1. The number of hydrogen-bond donors (Lipinski definition) is 10. The summed E-state index contributed by atoms with van der Waals surface area (Å²) < 4.78 is 57.2. The lowest BCUT2D eigenvalue weighted by Gasteiger charge is -2.21. The summed E-state index contributed by atoms with van der Waals surface area (Å²) in [7, 11) is -12.3. The molecule has 5 rings (SSSR count). The third-order valence-corrected chi connectivity index (χ3v) is 16.3. The number of amides is 3. The van der Waals surface area contributed by atoms with E-state index in [9.17, 15) is 48.2 Å². The number of carbonyl (C=O) groups is 2. The van der Waals surface area contributed by atoms with Crippen molar-refractivity contribution in [2.75, 3.05) is 71.5 Å². The second-order valence-electron chi connectivity index (χ2n) is 15.2. The highest BCUT2D eigenvalue weighted by atomic mass is 32.2. The first-order chi connectivity index (χ1) is 28.8. The van der Waals surface area contributed by atoms with Crippen LogP contribution in [0.5, 0.6) is 0 Å². The third-order valence-electron chi connectivity index (χ3n) is 10.3. The van der Waals surface area contributed by atoms with Gasteiger partial charge in [-0.05, 0) is 78.8 Å². The molecule has 346 valence electrons. The number of anilines is 1. The van der Waals surface area contributed by atoms with Crippen LogP contribution in [0.1, 0.15) is 57.6 Å². The summed E-state index contributed by atoms with van der Waals surface area (Å²) in [6.07, 6.45) is 2.60. The second-order valence-corrected chi connectivity index (χ2v) is 21.3. The van der Waals surface area contributed by atoms with Gasteiger partial charge in [0.25, 0.3) is 0 Å². The average Bonchev–Trinajstić information content (AvgIpc) is 3.94. The van der Waals surface area contributed by atoms with E-state index in [1.165, 1.54) is 10.9 Å². The van der Waals surface area contributed by atoms with Crippen molar-refractivity contribution < 1.29 is 66.1 Å². The van der Waals surface area contributed by atoms with Crippen molar-refractivity contribution in [1.82, 2.24) is 50.4 Å². The maximum absolute atomic E-state index is 12.5. The number of nitrogens with one attached hydrogen (secondary N) is 4. The van der Waals surface area contributed by atoms with E-state index in [4.69, 9.17) is 10.5 Å². The maximum Gasteiger partial charge on any atom is 0.489 e. The quantitative estimate of drug-likeness (QED) is 0.0326. The molecule has 3 unspecified atom stereocenters. The minimum Gasteiger partial charge on any atom is -0.387 e. The van der Waals surface area contributed by atoms with Crippen molar-refractivity contribution in [3.8, 4) is 0 Å². The molecule has 3 amide bonds. The fraction of sp³-hybridized carbons (Fsp3) is 0.781. The van der Waals surface area contributed by atoms with Gasteiger partial charge in [0.05, 0.1) is 25.0 Å². The average molecular weight is 946 g/mol. The zero-order valence-corrected chi connectivity index (χ0v) is 37.4. The monoisotopic (exact) mass is 945 g/mol. The van der Waals surface area contributed by atoms with Crippen LogP contribution in [0, 0.1) is 0 Å². The van der Waals surface area contributed by atoms with Gasteiger partial charge in [-0.2, -0.15) is 20.4 Å². The number of aromatic nitrogens is 4. The van der Waals surface area contributed by atoms with E-state index < -0.39 is 54.5 Å². The second kappa shape index (κ2) is 22.5. The number of nitrogens with zero attached hydrogens (tertiary/aromatic N) is 6. The molecule has 0 radical (unpaired) electrons. The molecule has 25 nitrogen and oxygen atoms in total. The van der Waals surface area contributed by atoms with Crippen LogP contribution in [-0.2, 0) is 36.4 Å². The number of urea groups is 1. The number of carbonyl (C=O) groups excluding carboxylic acids is 2. The standard InChI is InChI=1S/C32H58N11O14P3S/c1-41(15-7-11-34-24(44)10-4-3-9-23-25-21(18-61-23)39-32(47)40-25)13-5-6-14-42(2)16-8-12-38-58(48,49)56-60(52,53)57-59(50,51)54-17-22-27(45)28(46)31(55-22)43-20-37-26-29(33)35-19-36-30(26)43/h19-23,25,27-28,31,45-46H,3-18H2,1-2H3,(H,34,44)(H,50,51)(H,52,53)(H2,33,35,36)(H2,38,48,49)(H2,39,40,47)/t21-,22+,23-,25-,27+,28+,31+/m1/s1. The highest BCUT2D eigenvalue weighted by molar-refractivity contribution is 8.00. The Balaban J connectivity index is 0.871. The molecular weight excluding hydrogens is 887 g/mol. The van der Waals surface area contributed by atoms with Crippen LogP contribution in [0.2, 0.25) is 0 Å². The zero-order valence-electron chi connectivity index (χ0n) is 33.9. The highest BCUT2D eigenvalue weighted by Crippen LogP contribution is 2.66. The lowest BCUT2D eigenvalue weighted by Crippen LogP contribution is -2.36. The summed E-state index contributed by atoms with van der Waals surface area (Å²) in [5, 5.41) is 32.5. The zero-order chi connectivity index (χ0) is 44.4. The molecule has 3 saturated heterocycles. The van der Waals surface area contributed by atoms with E-state index in [2.05, 4.69) is 54.0 Å². The van der Waals surface area contributed by atoms with Crippen molar-refractivity contribution >= 4 is 64.1 Å². The molecule has 0 spiro atoms. The van der Waals surface area contributed by atoms with Crippen LogP contribution in [0.15, 0.2) is 12.7 Å². The SMILES string of the molecule is CN(CCCCN(C)CCCNP(=O)(O)OP(=O)(O)OP(=O)(O)OC[C@@H]1O[C@H](n2cnc3c(N)ncnc32)[C@@H](O)[C@H]1O)CCCNC(=O)CCCC[C@H]1SC[C@H]2NC(=O)N[C@H]21. The Morgan fingerprint density at radius 3 is 2.36 bits per heavy atom. The number of imidazole rings is 1. The van der Waals surface area contributed by atoms with Crippen LogP contribution >= 0.6 is 35.2 Å². The van der Waals surface area contributed by atoms with E-state index >= 15 is 0 Å². The van der Waals surface area contributed by atoms with Gasteiger partial charge in [0, 0.05) is 30.5 Å². The van der Waals surface area contributed by atoms with Gasteiger partial charge in [-0.3, -0.25) is 13.9 Å². The van der Waals surface area contributed by atoms with Crippen molar-refractivity contribution in [2.24, 2.45) is 0 Å². The molecule has 61 heavy (non-hydrogen) atoms. The molecule has 0 aliphatic carbocycles. The normalized spacial score (nSPS) is 26.8. The number of phosphoric ester groups is 1. The van der Waals surface area contributed by atoms with Crippen LogP contribution in [0.3, 0.4) is 0 Å². The number of aliphatic hydroxyl groups excluding tert-OH is 2. The Hall–Kier alpha value is -2.35. The lowest BCUT2D eigenvalue weighted by atomic mass is 10.0. The number of nitrogens with two attached hydrogens (primary N) is 1. The Morgan fingerprint density at radius 2 is 1.64 bits per heavy atom. The van der Waals surface area contributed by atoms with Crippen molar-refractivity contribution in [1.29, 1.82) is 0 Å². The van der Waals surface area contributed by atoms with E-state index in [1.54, 1.807) is 0 Å². The molecule has 0 bridgehead atoms. The molecular formula is C32H58N11O14P3S. The summed E-state index contributed by atoms with van der Waals surface area (Å²) in [6, 6.07) is 0.317. The van der Waals surface area contributed by atoms with Gasteiger partial charge >= 0.3 is 29.4 Å². The molecule has 2 aromatic heterocycles. The summed E-state index contributed by atoms with van der Waals surface area (Å²) in [5.41, 5.74) is 6.13. The molecule has 0 aromatic carbocycles. The number of phosphoric acid groups is 2. The maximum atomic E-state index is 12.5. The predicted octanol–water partition coefficient (Wildman–Crippen LogP) is 0.234. The number of thioether (sulfide) groups is 1. The number of ether oxygens (including phenoxy) is 1. The number of aliphatic hydroxyl groups is 2. The van der Waals surface area contributed by atoms with Gasteiger partial charge in [-0.1, -0.05) is 6.42 Å². The number of hydrogen-bond acceptors (Lipinski definition) is 18. The van der Waals surface area contributed by atoms with Gasteiger partial charge in [0.1, 0.15) is 30.2 Å². The van der Waals surface area contributed by atoms with Crippen molar-refractivity contribution in [2.45, 2.75) is 93.2 Å². The van der Waals surface area contributed by atoms with Gasteiger partial charge in [0.2, 0.25) is 5.91 Å². The van der Waals surface area contributed by atoms with Crippen LogP contribution < -0.4 is 26.8 Å². The van der Waals surface area contributed by atoms with Gasteiger partial charge < -0.3 is 61.1 Å². The fourth-order valence-electron chi connectivity index (χ4n) is 7.15. The smallest absolute Gasteiger partial charge is 0.387 e. The molecule has 29 heteroatoms. The van der Waals surface area contributed by atoms with Crippen LogP contribution in [0.25, 0.3) is 11.2 Å². The molecule has 3 aliphatic heterocycles. The Bertz CT molecular complexity index is 1920. The molecule has 0 saturated carbocycles. The minimum absolute atomic E-state index is 0.0488. The molecule has 5 heterocycles. The summed E-state index contributed by atoms with van der Waals surface area (Å²) >= 11 is 1.88. The fourth-order valence-corrected chi connectivity index (χ4v) is 12.4. The molecule has 11 N–H and O–H groups in total. The topological polar surface area (TPSA) is 348 Å². The first-order valence-electron chi connectivity index (χ1n) is 19.9. The molecule has 3 fully saturated rings. The van der Waals surface area contributed by atoms with Gasteiger partial charge in [-0.15, -0.1) is 0 Å². The number of rotatable bonds is 27. The minimum atomic E-state index is -5.68. The predicted molar refractivity (Wildman–Crippen MR) is 222 cm³/mol. The Labute approximate surface area is 357 Å². The number of fused-ring (bicyclic) bond motifs is 2. The Morgan fingerprint density at radius 1 is 0.951 bits per heavy atom. The van der Waals surface area contributed by atoms with E-state index in [0.29, 0.717) is 31.2 Å². The Kier molecular flexibility index (Phi) is 18.3. The summed E-state index contributed by atoms with van der Waals surface area (Å²) in [6.45, 7) is 2.54. The first kappa shape index (κ1) is 49.7. The van der Waals surface area contributed by atoms with Crippen molar-refractivity contribution in [3.63, 3.8) is 0 Å². The molecule has 2 aromatic rings. The van der Waals surface area contributed by atoms with Gasteiger partial charge in [0.15, 0.2) is 17.7 Å². The van der Waals surface area contributed by atoms with E-state index in [1.807, 2.05) is 30.8 Å². The van der Waals surface area contributed by atoms with Crippen LogP contribution in [-0.4, -0.2) is 168 Å². The third kappa shape index (κ3) is 15.1. The summed E-state index contributed by atoms with van der Waals surface area (Å²) in [4.78, 5) is 70.0. The molecule has 3 aliphatic rings. The summed E-state index contributed by atoms with van der Waals surface area (Å²) in [5.74, 6) is 1.04. The van der Waals surface area contributed by atoms with E-state index in [0.717, 1.165) is 70.2 Å². The van der Waals surface area contributed by atoms with E-state index in [-0.39, 0.29) is 47.5 Å². The molecule has 10 atom stereocenters. The number of unbranched alkanes of at least 4 members (excludes halogenated alkanes) is 2. The highest BCUT2D eigenvalue weighted by Gasteiger charge is 2.47. The first-order valence-corrected chi connectivity index (χ1v) is 25.5. The van der Waals surface area contributed by atoms with Crippen LogP contribution in [0.4, 0.5) is 10.6 Å². The lowest BCUT2D eigenvalue weighted by molar-refractivity contribution is -0.121. The largest absolute Gasteiger partial charge is 0.489 e. The van der Waals surface area contributed by atoms with Crippen molar-refractivity contribution in [3.05, 3.63) is 12.7 Å².